The minimum atomic E-state index is -2.69. The smallest absolute Gasteiger partial charge is 0.355 e. The molecule has 0 radical (unpaired) electrons. The minimum absolute atomic E-state index is 0.00278. The van der Waals surface area contributed by atoms with Crippen LogP contribution in [0.25, 0.3) is 0 Å². The summed E-state index contributed by atoms with van der Waals surface area (Å²) in [5, 5.41) is 8.65. The molecule has 1 N–H and O–H groups in total. The Balaban J connectivity index is 3.41. The standard InChI is InChI=1S/C7H3F2I2NO2/c8-6(9)3-2(10)1-12-5(4(3)11)7(13)14/h1,6H,(H,13,14). The van der Waals surface area contributed by atoms with E-state index >= 15 is 0 Å². The predicted octanol–water partition coefficient (Wildman–Crippen LogP) is 2.93. The van der Waals surface area contributed by atoms with Gasteiger partial charge in [-0.05, 0) is 45.2 Å². The number of carboxylic acids is 1. The van der Waals surface area contributed by atoms with Crippen LogP contribution in [0.1, 0.15) is 22.5 Å². The van der Waals surface area contributed by atoms with Crippen LogP contribution in [0.3, 0.4) is 0 Å². The van der Waals surface area contributed by atoms with Gasteiger partial charge < -0.3 is 5.11 Å². The zero-order valence-electron chi connectivity index (χ0n) is 6.47. The number of alkyl halides is 2. The fraction of sp³-hybridized carbons (Fsp3) is 0.143. The topological polar surface area (TPSA) is 50.2 Å². The lowest BCUT2D eigenvalue weighted by molar-refractivity contribution is 0.0688. The number of carbonyl (C=O) groups is 1. The molecule has 1 aromatic rings. The maximum Gasteiger partial charge on any atom is 0.355 e. The molecule has 0 spiro atoms. The predicted molar refractivity (Wildman–Crippen MR) is 61.6 cm³/mol. The van der Waals surface area contributed by atoms with Crippen LogP contribution >= 0.6 is 45.2 Å². The molecule has 7 heteroatoms. The lowest BCUT2D eigenvalue weighted by Gasteiger charge is -2.07. The highest BCUT2D eigenvalue weighted by atomic mass is 127. The molecule has 76 valence electrons. The van der Waals surface area contributed by atoms with E-state index < -0.39 is 12.4 Å². The fourth-order valence-corrected chi connectivity index (χ4v) is 2.89. The van der Waals surface area contributed by atoms with Crippen LogP contribution in [0.5, 0.6) is 0 Å². The van der Waals surface area contributed by atoms with Gasteiger partial charge in [-0.2, -0.15) is 0 Å². The van der Waals surface area contributed by atoms with E-state index in [4.69, 9.17) is 5.11 Å². The average Bonchev–Trinajstić information content (AvgIpc) is 2.02. The number of hydrogen-bond acceptors (Lipinski definition) is 2. The first-order valence-electron chi connectivity index (χ1n) is 3.30. The van der Waals surface area contributed by atoms with E-state index in [1.165, 1.54) is 0 Å². The van der Waals surface area contributed by atoms with Crippen molar-refractivity contribution in [2.45, 2.75) is 6.43 Å². The molecular weight excluding hydrogens is 422 g/mol. The second kappa shape index (κ2) is 4.64. The molecule has 14 heavy (non-hydrogen) atoms. The van der Waals surface area contributed by atoms with Crippen LogP contribution in [-0.4, -0.2) is 16.1 Å². The van der Waals surface area contributed by atoms with Gasteiger partial charge in [-0.25, -0.2) is 18.6 Å². The quantitative estimate of drug-likeness (QED) is 0.743. The summed E-state index contributed by atoms with van der Waals surface area (Å²) in [6, 6.07) is 0. The Morgan fingerprint density at radius 3 is 2.50 bits per heavy atom. The molecule has 0 unspecified atom stereocenters. The molecule has 1 rings (SSSR count). The lowest BCUT2D eigenvalue weighted by atomic mass is 10.2. The van der Waals surface area contributed by atoms with Crippen LogP contribution in [0.15, 0.2) is 6.20 Å². The molecule has 0 amide bonds. The average molecular weight is 425 g/mol. The summed E-state index contributed by atoms with van der Waals surface area (Å²) in [5.41, 5.74) is -0.597. The summed E-state index contributed by atoms with van der Waals surface area (Å²) >= 11 is 3.27. The Kier molecular flexibility index (Phi) is 3.98. The Morgan fingerprint density at radius 2 is 2.07 bits per heavy atom. The molecule has 0 fully saturated rings. The number of pyridine rings is 1. The van der Waals surface area contributed by atoms with E-state index in [0.29, 0.717) is 0 Å². The number of rotatable bonds is 2. The van der Waals surface area contributed by atoms with Crippen molar-refractivity contribution in [3.05, 3.63) is 24.6 Å². The van der Waals surface area contributed by atoms with E-state index in [9.17, 15) is 13.6 Å². The lowest BCUT2D eigenvalue weighted by Crippen LogP contribution is -2.08. The monoisotopic (exact) mass is 425 g/mol. The van der Waals surface area contributed by atoms with Gasteiger partial charge in [-0.1, -0.05) is 0 Å². The number of nitrogens with zero attached hydrogens (tertiary/aromatic N) is 1. The summed E-state index contributed by atoms with van der Waals surface area (Å²) in [6.07, 6.45) is -1.55. The van der Waals surface area contributed by atoms with Crippen molar-refractivity contribution < 1.29 is 18.7 Å². The third-order valence-corrected chi connectivity index (χ3v) is 3.38. The molecule has 1 heterocycles. The Labute approximate surface area is 105 Å². The van der Waals surface area contributed by atoms with Gasteiger partial charge in [0.15, 0.2) is 5.69 Å². The van der Waals surface area contributed by atoms with Crippen molar-refractivity contribution in [2.75, 3.05) is 0 Å². The number of halogens is 4. The van der Waals surface area contributed by atoms with Crippen LogP contribution in [0.4, 0.5) is 8.78 Å². The van der Waals surface area contributed by atoms with Crippen LogP contribution in [0, 0.1) is 7.14 Å². The van der Waals surface area contributed by atoms with Gasteiger partial charge >= 0.3 is 5.97 Å². The van der Waals surface area contributed by atoms with Crippen molar-refractivity contribution in [1.29, 1.82) is 0 Å². The third kappa shape index (κ3) is 2.30. The molecule has 0 aliphatic rings. The molecule has 0 atom stereocenters. The number of aromatic carboxylic acids is 1. The highest BCUT2D eigenvalue weighted by Gasteiger charge is 2.22. The van der Waals surface area contributed by atoms with Gasteiger partial charge in [0.1, 0.15) is 0 Å². The molecule has 0 aromatic carbocycles. The molecule has 1 aromatic heterocycles. The van der Waals surface area contributed by atoms with E-state index in [-0.39, 0.29) is 18.4 Å². The van der Waals surface area contributed by atoms with E-state index in [2.05, 4.69) is 4.98 Å². The van der Waals surface area contributed by atoms with Crippen molar-refractivity contribution >= 4 is 51.2 Å². The highest BCUT2D eigenvalue weighted by Crippen LogP contribution is 2.30. The molecule has 3 nitrogen and oxygen atoms in total. The second-order valence-corrected chi connectivity index (χ2v) is 4.53. The van der Waals surface area contributed by atoms with Gasteiger partial charge in [0, 0.05) is 15.3 Å². The van der Waals surface area contributed by atoms with Gasteiger partial charge in [-0.3, -0.25) is 0 Å². The zero-order chi connectivity index (χ0) is 10.9. The fourth-order valence-electron chi connectivity index (χ4n) is 0.829. The van der Waals surface area contributed by atoms with Gasteiger partial charge in [-0.15, -0.1) is 0 Å². The summed E-state index contributed by atoms with van der Waals surface area (Å²) in [4.78, 5) is 14.2. The van der Waals surface area contributed by atoms with Crippen LogP contribution in [-0.2, 0) is 0 Å². The van der Waals surface area contributed by atoms with Crippen LogP contribution in [0.2, 0.25) is 0 Å². The van der Waals surface area contributed by atoms with Crippen molar-refractivity contribution in [3.8, 4) is 0 Å². The summed E-state index contributed by atoms with van der Waals surface area (Å²) in [6.45, 7) is 0. The van der Waals surface area contributed by atoms with Gasteiger partial charge in [0.25, 0.3) is 6.43 Å². The second-order valence-electron chi connectivity index (χ2n) is 2.29. The van der Waals surface area contributed by atoms with E-state index in [1.807, 2.05) is 0 Å². The van der Waals surface area contributed by atoms with Crippen molar-refractivity contribution in [2.24, 2.45) is 0 Å². The Bertz CT molecular complexity index is 384. The molecule has 0 saturated carbocycles. The van der Waals surface area contributed by atoms with E-state index in [1.54, 1.807) is 45.2 Å². The highest BCUT2D eigenvalue weighted by molar-refractivity contribution is 14.1. The van der Waals surface area contributed by atoms with Gasteiger partial charge in [0.05, 0.1) is 3.57 Å². The SMILES string of the molecule is O=C(O)c1ncc(I)c(C(F)F)c1I. The largest absolute Gasteiger partial charge is 0.476 e. The molecule has 0 aliphatic carbocycles. The number of carboxylic acid groups (broad SMARTS) is 1. The summed E-state index contributed by atoms with van der Waals surface area (Å²) in [7, 11) is 0. The summed E-state index contributed by atoms with van der Waals surface area (Å²) in [5.74, 6) is -1.30. The maximum absolute atomic E-state index is 12.5. The van der Waals surface area contributed by atoms with Crippen molar-refractivity contribution in [1.82, 2.24) is 4.98 Å². The van der Waals surface area contributed by atoms with Gasteiger partial charge in [0.2, 0.25) is 0 Å². The van der Waals surface area contributed by atoms with E-state index in [0.717, 1.165) is 6.20 Å². The number of aromatic nitrogens is 1. The third-order valence-electron chi connectivity index (χ3n) is 1.43. The van der Waals surface area contributed by atoms with Crippen molar-refractivity contribution in [3.63, 3.8) is 0 Å². The minimum Gasteiger partial charge on any atom is -0.476 e. The molecule has 0 saturated heterocycles. The molecule has 0 bridgehead atoms. The Morgan fingerprint density at radius 1 is 1.50 bits per heavy atom. The normalized spacial score (nSPS) is 10.6. The molecular formula is C7H3F2I2NO2. The summed E-state index contributed by atoms with van der Waals surface area (Å²) < 4.78 is 25.3. The zero-order valence-corrected chi connectivity index (χ0v) is 10.8. The Hall–Kier alpha value is -0.0600. The maximum atomic E-state index is 12.5. The van der Waals surface area contributed by atoms with Crippen LogP contribution < -0.4 is 0 Å². The first-order chi connectivity index (χ1) is 6.45. The number of hydrogen-bond donors (Lipinski definition) is 1. The first kappa shape index (κ1) is 12.0. The first-order valence-corrected chi connectivity index (χ1v) is 5.46. The molecule has 0 aliphatic heterocycles.